The number of hydrogen-bond donors (Lipinski definition) is 0. The molecular formula is C32H32Cl2O3. The van der Waals surface area contributed by atoms with E-state index in [1.54, 1.807) is 14.2 Å². The quantitative estimate of drug-likeness (QED) is 0.225. The van der Waals surface area contributed by atoms with Crippen LogP contribution in [0.4, 0.5) is 0 Å². The third-order valence-corrected chi connectivity index (χ3v) is 7.10. The molecule has 37 heavy (non-hydrogen) atoms. The van der Waals surface area contributed by atoms with Gasteiger partial charge in [-0.25, -0.2) is 0 Å². The van der Waals surface area contributed by atoms with Crippen molar-refractivity contribution >= 4 is 23.2 Å². The molecule has 2 atom stereocenters. The van der Waals surface area contributed by atoms with Crippen LogP contribution in [0.2, 0.25) is 10.0 Å². The summed E-state index contributed by atoms with van der Waals surface area (Å²) in [5.74, 6) is 1.77. The van der Waals surface area contributed by atoms with Crippen molar-refractivity contribution in [2.24, 2.45) is 0 Å². The van der Waals surface area contributed by atoms with E-state index in [9.17, 15) is 0 Å². The lowest BCUT2D eigenvalue weighted by atomic mass is 9.94. The summed E-state index contributed by atoms with van der Waals surface area (Å²) in [5.41, 5.74) is 8.32. The predicted molar refractivity (Wildman–Crippen MR) is 153 cm³/mol. The first-order chi connectivity index (χ1) is 17.7. The van der Waals surface area contributed by atoms with Crippen LogP contribution in [0.1, 0.15) is 56.7 Å². The van der Waals surface area contributed by atoms with Gasteiger partial charge in [-0.3, -0.25) is 0 Å². The minimum atomic E-state index is -0.357. The zero-order valence-electron chi connectivity index (χ0n) is 22.1. The van der Waals surface area contributed by atoms with Crippen LogP contribution in [0.5, 0.6) is 11.5 Å². The summed E-state index contributed by atoms with van der Waals surface area (Å²) in [4.78, 5) is 0. The predicted octanol–water partition coefficient (Wildman–Crippen LogP) is 9.14. The van der Waals surface area contributed by atoms with E-state index >= 15 is 0 Å². The maximum Gasteiger partial charge on any atom is 0.124 e. The highest BCUT2D eigenvalue weighted by Crippen LogP contribution is 2.40. The molecule has 5 heteroatoms. The molecule has 2 unspecified atom stereocenters. The molecule has 4 rings (SSSR count). The van der Waals surface area contributed by atoms with Gasteiger partial charge < -0.3 is 14.2 Å². The molecule has 4 aromatic rings. The largest absolute Gasteiger partial charge is 0.496 e. The van der Waals surface area contributed by atoms with E-state index in [4.69, 9.17) is 37.4 Å². The standard InChI is InChI=1S/C32H32Cl2O3/c1-19-15-25(16-20(2)29(19)35-5)31(23-7-11-27(33)12-8-23)37-32(24-9-13-28(34)14-10-24)26-17-21(3)30(36-6)22(4)18-26/h7-18,31-32H,1-6H3. The topological polar surface area (TPSA) is 27.7 Å². The van der Waals surface area contributed by atoms with Crippen molar-refractivity contribution in [2.45, 2.75) is 39.9 Å². The van der Waals surface area contributed by atoms with Gasteiger partial charge in [0.15, 0.2) is 0 Å². The van der Waals surface area contributed by atoms with E-state index < -0.39 is 0 Å². The maximum atomic E-state index is 7.07. The van der Waals surface area contributed by atoms with Crippen molar-refractivity contribution in [2.75, 3.05) is 14.2 Å². The molecule has 0 N–H and O–H groups in total. The van der Waals surface area contributed by atoms with Gasteiger partial charge >= 0.3 is 0 Å². The van der Waals surface area contributed by atoms with Crippen LogP contribution < -0.4 is 9.47 Å². The lowest BCUT2D eigenvalue weighted by Gasteiger charge is -2.28. The summed E-state index contributed by atoms with van der Waals surface area (Å²) in [6, 6.07) is 24.2. The third-order valence-electron chi connectivity index (χ3n) is 6.60. The number of hydrogen-bond acceptors (Lipinski definition) is 3. The molecule has 0 heterocycles. The molecule has 0 spiro atoms. The van der Waals surface area contributed by atoms with E-state index in [1.807, 2.05) is 48.5 Å². The normalized spacial score (nSPS) is 12.8. The molecular weight excluding hydrogens is 503 g/mol. The lowest BCUT2D eigenvalue weighted by Crippen LogP contribution is -2.14. The van der Waals surface area contributed by atoms with E-state index in [1.165, 1.54) is 0 Å². The third kappa shape index (κ3) is 5.96. The highest BCUT2D eigenvalue weighted by molar-refractivity contribution is 6.30. The molecule has 0 fully saturated rings. The van der Waals surface area contributed by atoms with Crippen LogP contribution in [0, 0.1) is 27.7 Å². The van der Waals surface area contributed by atoms with Crippen LogP contribution in [-0.4, -0.2) is 14.2 Å². The SMILES string of the molecule is COc1c(C)cc(C(OC(c2ccc(Cl)cc2)c2cc(C)c(OC)c(C)c2)c2ccc(Cl)cc2)cc1C. The van der Waals surface area contributed by atoms with Gasteiger partial charge in [0.25, 0.3) is 0 Å². The summed E-state index contributed by atoms with van der Waals surface area (Å²) in [7, 11) is 3.40. The minimum Gasteiger partial charge on any atom is -0.496 e. The zero-order valence-corrected chi connectivity index (χ0v) is 23.6. The molecule has 0 aliphatic heterocycles. The molecule has 0 saturated heterocycles. The fourth-order valence-corrected chi connectivity index (χ4v) is 5.28. The van der Waals surface area contributed by atoms with Crippen molar-refractivity contribution in [1.82, 2.24) is 0 Å². The van der Waals surface area contributed by atoms with Gasteiger partial charge in [0.1, 0.15) is 23.7 Å². The first-order valence-electron chi connectivity index (χ1n) is 12.2. The number of aryl methyl sites for hydroxylation is 4. The summed E-state index contributed by atoms with van der Waals surface area (Å²) in [6.07, 6.45) is -0.715. The first kappa shape index (κ1) is 27.1. The van der Waals surface area contributed by atoms with Crippen molar-refractivity contribution < 1.29 is 14.2 Å². The smallest absolute Gasteiger partial charge is 0.124 e. The lowest BCUT2D eigenvalue weighted by molar-refractivity contribution is 0.0307. The Balaban J connectivity index is 1.89. The molecule has 3 nitrogen and oxygen atoms in total. The number of benzene rings is 4. The second-order valence-electron chi connectivity index (χ2n) is 9.38. The molecule has 0 amide bonds. The minimum absolute atomic E-state index is 0.357. The summed E-state index contributed by atoms with van der Waals surface area (Å²) in [6.45, 7) is 8.23. The number of ether oxygens (including phenoxy) is 3. The monoisotopic (exact) mass is 534 g/mol. The van der Waals surface area contributed by atoms with Crippen LogP contribution in [0.3, 0.4) is 0 Å². The maximum absolute atomic E-state index is 7.07. The molecule has 0 aromatic heterocycles. The Hall–Kier alpha value is -2.98. The van der Waals surface area contributed by atoms with Crippen LogP contribution in [0.15, 0.2) is 72.8 Å². The van der Waals surface area contributed by atoms with Gasteiger partial charge in [0, 0.05) is 10.0 Å². The Morgan fingerprint density at radius 1 is 0.486 bits per heavy atom. The summed E-state index contributed by atoms with van der Waals surface area (Å²) in [5, 5.41) is 1.36. The Morgan fingerprint density at radius 2 is 0.784 bits per heavy atom. The van der Waals surface area contributed by atoms with E-state index in [-0.39, 0.29) is 12.2 Å². The van der Waals surface area contributed by atoms with Crippen LogP contribution >= 0.6 is 23.2 Å². The second-order valence-corrected chi connectivity index (χ2v) is 10.2. The second kappa shape index (κ2) is 11.6. The van der Waals surface area contributed by atoms with Gasteiger partial charge in [0.05, 0.1) is 14.2 Å². The van der Waals surface area contributed by atoms with E-state index in [0.717, 1.165) is 56.0 Å². The Kier molecular flexibility index (Phi) is 8.49. The highest BCUT2D eigenvalue weighted by atomic mass is 35.5. The van der Waals surface area contributed by atoms with E-state index in [0.29, 0.717) is 10.0 Å². The fraction of sp³-hybridized carbons (Fsp3) is 0.250. The van der Waals surface area contributed by atoms with Crippen LogP contribution in [-0.2, 0) is 4.74 Å². The molecule has 0 saturated carbocycles. The average Bonchev–Trinajstić information content (AvgIpc) is 2.86. The number of halogens is 2. The van der Waals surface area contributed by atoms with Crippen molar-refractivity contribution in [3.8, 4) is 11.5 Å². The highest BCUT2D eigenvalue weighted by Gasteiger charge is 2.25. The van der Waals surface area contributed by atoms with Crippen molar-refractivity contribution in [3.63, 3.8) is 0 Å². The van der Waals surface area contributed by atoms with Gasteiger partial charge in [0.2, 0.25) is 0 Å². The summed E-state index contributed by atoms with van der Waals surface area (Å²) >= 11 is 12.5. The number of rotatable bonds is 8. The molecule has 4 aromatic carbocycles. The zero-order chi connectivity index (χ0) is 26.7. The summed E-state index contributed by atoms with van der Waals surface area (Å²) < 4.78 is 18.3. The van der Waals surface area contributed by atoms with Gasteiger partial charge in [-0.2, -0.15) is 0 Å². The molecule has 192 valence electrons. The Bertz CT molecular complexity index is 1230. The van der Waals surface area contributed by atoms with Gasteiger partial charge in [-0.05, 0) is 121 Å². The van der Waals surface area contributed by atoms with Crippen molar-refractivity contribution in [1.29, 1.82) is 0 Å². The number of methoxy groups -OCH3 is 2. The fourth-order valence-electron chi connectivity index (χ4n) is 5.02. The van der Waals surface area contributed by atoms with Crippen molar-refractivity contribution in [3.05, 3.63) is 127 Å². The van der Waals surface area contributed by atoms with E-state index in [2.05, 4.69) is 52.0 Å². The molecule has 0 bridgehead atoms. The Morgan fingerprint density at radius 3 is 1.05 bits per heavy atom. The Labute approximate surface area is 229 Å². The molecule has 0 aliphatic carbocycles. The average molecular weight is 536 g/mol. The molecule has 0 radical (unpaired) electrons. The van der Waals surface area contributed by atoms with Gasteiger partial charge in [-0.15, -0.1) is 0 Å². The van der Waals surface area contributed by atoms with Gasteiger partial charge in [-0.1, -0.05) is 47.5 Å². The first-order valence-corrected chi connectivity index (χ1v) is 12.9. The molecule has 0 aliphatic rings. The van der Waals surface area contributed by atoms with Crippen LogP contribution in [0.25, 0.3) is 0 Å².